The van der Waals surface area contributed by atoms with E-state index in [4.69, 9.17) is 0 Å². The van der Waals surface area contributed by atoms with Gasteiger partial charge in [-0.25, -0.2) is 0 Å². The summed E-state index contributed by atoms with van der Waals surface area (Å²) in [4.78, 5) is 14.2. The monoisotopic (exact) mass is 296 g/mol. The quantitative estimate of drug-likeness (QED) is 0.879. The van der Waals surface area contributed by atoms with Crippen LogP contribution in [0.3, 0.4) is 0 Å². The molecule has 1 aromatic heterocycles. The predicted molar refractivity (Wildman–Crippen MR) is 84.9 cm³/mol. The molecule has 1 atom stereocenters. The first kappa shape index (κ1) is 13.6. The number of nitrogens with zero attached hydrogens (tertiary/aromatic N) is 2. The van der Waals surface area contributed by atoms with E-state index < -0.39 is 0 Å². The highest BCUT2D eigenvalue weighted by molar-refractivity contribution is 5.32. The Kier molecular flexibility index (Phi) is 3.26. The number of pyridine rings is 1. The van der Waals surface area contributed by atoms with Crippen LogP contribution in [0.5, 0.6) is 5.75 Å². The SMILES string of the molecule is O=c1cc2n(cc1O)CCN([C@H]1CCCc3ccccc31)C2. The Balaban J connectivity index is 1.66. The highest BCUT2D eigenvalue weighted by Crippen LogP contribution is 2.35. The van der Waals surface area contributed by atoms with Crippen LogP contribution in [-0.2, 0) is 19.5 Å². The summed E-state index contributed by atoms with van der Waals surface area (Å²) in [7, 11) is 0. The first-order valence-electron chi connectivity index (χ1n) is 7.96. The molecule has 114 valence electrons. The molecule has 2 aliphatic rings. The molecular weight excluding hydrogens is 276 g/mol. The Labute approximate surface area is 129 Å². The molecule has 0 bridgehead atoms. The Morgan fingerprint density at radius 2 is 2.05 bits per heavy atom. The second-order valence-corrected chi connectivity index (χ2v) is 6.28. The largest absolute Gasteiger partial charge is 0.503 e. The van der Waals surface area contributed by atoms with Gasteiger partial charge < -0.3 is 9.67 Å². The van der Waals surface area contributed by atoms with Crippen molar-refractivity contribution in [2.75, 3.05) is 6.54 Å². The third-order valence-electron chi connectivity index (χ3n) is 4.97. The maximum absolute atomic E-state index is 11.7. The van der Waals surface area contributed by atoms with Crippen LogP contribution in [0.1, 0.15) is 35.7 Å². The third kappa shape index (κ3) is 2.24. The maximum atomic E-state index is 11.7. The zero-order valence-electron chi connectivity index (χ0n) is 12.5. The van der Waals surface area contributed by atoms with Gasteiger partial charge in [0.1, 0.15) is 0 Å². The molecule has 2 aromatic rings. The minimum Gasteiger partial charge on any atom is -0.503 e. The van der Waals surface area contributed by atoms with Gasteiger partial charge in [-0.3, -0.25) is 9.69 Å². The lowest BCUT2D eigenvalue weighted by molar-refractivity contribution is 0.139. The number of fused-ring (bicyclic) bond motifs is 2. The molecule has 1 aliphatic heterocycles. The smallest absolute Gasteiger partial charge is 0.223 e. The van der Waals surface area contributed by atoms with Crippen molar-refractivity contribution in [2.24, 2.45) is 0 Å². The standard InChI is InChI=1S/C18H20N2O2/c21-17-10-14-11-20(9-8-19(14)12-18(17)22)16-7-3-5-13-4-1-2-6-15(13)16/h1-2,4,6,10,12,16,22H,3,5,7-9,11H2/t16-/m0/s1. The number of hydrogen-bond donors (Lipinski definition) is 1. The van der Waals surface area contributed by atoms with Gasteiger partial charge in [-0.1, -0.05) is 24.3 Å². The molecule has 0 fully saturated rings. The second kappa shape index (κ2) is 5.29. The van der Waals surface area contributed by atoms with Crippen LogP contribution in [0.25, 0.3) is 0 Å². The summed E-state index contributed by atoms with van der Waals surface area (Å²) >= 11 is 0. The molecule has 0 radical (unpaired) electrons. The van der Waals surface area contributed by atoms with Crippen molar-refractivity contribution >= 4 is 0 Å². The number of aromatic nitrogens is 1. The molecule has 4 heteroatoms. The van der Waals surface area contributed by atoms with Crippen molar-refractivity contribution in [1.82, 2.24) is 9.47 Å². The van der Waals surface area contributed by atoms with Gasteiger partial charge in [0.2, 0.25) is 5.43 Å². The number of aromatic hydroxyl groups is 1. The lowest BCUT2D eigenvalue weighted by atomic mass is 9.86. The highest BCUT2D eigenvalue weighted by atomic mass is 16.3. The minimum absolute atomic E-state index is 0.153. The van der Waals surface area contributed by atoms with Gasteiger partial charge in [-0.05, 0) is 30.4 Å². The van der Waals surface area contributed by atoms with Crippen molar-refractivity contribution in [2.45, 2.75) is 38.4 Å². The van der Waals surface area contributed by atoms with E-state index in [2.05, 4.69) is 29.2 Å². The summed E-state index contributed by atoms with van der Waals surface area (Å²) < 4.78 is 2.00. The van der Waals surface area contributed by atoms with Gasteiger partial charge in [0.05, 0.1) is 6.20 Å². The van der Waals surface area contributed by atoms with Crippen LogP contribution in [0.4, 0.5) is 0 Å². The topological polar surface area (TPSA) is 45.5 Å². The molecular formula is C18H20N2O2. The zero-order valence-corrected chi connectivity index (χ0v) is 12.5. The van der Waals surface area contributed by atoms with Crippen molar-refractivity contribution in [3.8, 4) is 5.75 Å². The number of hydrogen-bond acceptors (Lipinski definition) is 3. The lowest BCUT2D eigenvalue weighted by Crippen LogP contribution is -2.38. The summed E-state index contributed by atoms with van der Waals surface area (Å²) in [5.41, 5.74) is 3.63. The molecule has 22 heavy (non-hydrogen) atoms. The molecule has 0 amide bonds. The van der Waals surface area contributed by atoms with Gasteiger partial charge in [-0.2, -0.15) is 0 Å². The van der Waals surface area contributed by atoms with Gasteiger partial charge in [0.15, 0.2) is 5.75 Å². The van der Waals surface area contributed by atoms with Crippen LogP contribution < -0.4 is 5.43 Å². The Morgan fingerprint density at radius 1 is 1.18 bits per heavy atom. The molecule has 0 saturated carbocycles. The van der Waals surface area contributed by atoms with Crippen LogP contribution in [0, 0.1) is 0 Å². The van der Waals surface area contributed by atoms with Gasteiger partial charge in [-0.15, -0.1) is 0 Å². The molecule has 2 heterocycles. The van der Waals surface area contributed by atoms with E-state index in [0.29, 0.717) is 6.04 Å². The van der Waals surface area contributed by atoms with Gasteiger partial charge >= 0.3 is 0 Å². The summed E-state index contributed by atoms with van der Waals surface area (Å²) in [6, 6.07) is 10.8. The Bertz CT molecular complexity index is 766. The van der Waals surface area contributed by atoms with E-state index >= 15 is 0 Å². The summed E-state index contributed by atoms with van der Waals surface area (Å²) in [5, 5.41) is 9.57. The van der Waals surface area contributed by atoms with Crippen molar-refractivity contribution in [1.29, 1.82) is 0 Å². The highest BCUT2D eigenvalue weighted by Gasteiger charge is 2.28. The van der Waals surface area contributed by atoms with Crippen LogP contribution in [0.15, 0.2) is 41.3 Å². The first-order valence-corrected chi connectivity index (χ1v) is 7.96. The second-order valence-electron chi connectivity index (χ2n) is 6.28. The van der Waals surface area contributed by atoms with E-state index in [1.54, 1.807) is 12.3 Å². The molecule has 0 saturated heterocycles. The fraction of sp³-hybridized carbons (Fsp3) is 0.389. The van der Waals surface area contributed by atoms with Crippen LogP contribution in [-0.4, -0.2) is 21.1 Å². The van der Waals surface area contributed by atoms with E-state index in [9.17, 15) is 9.90 Å². The summed E-state index contributed by atoms with van der Waals surface area (Å²) in [6.07, 6.45) is 5.15. The average Bonchev–Trinajstić information content (AvgIpc) is 2.55. The molecule has 0 unspecified atom stereocenters. The molecule has 4 rings (SSSR count). The van der Waals surface area contributed by atoms with E-state index in [0.717, 1.165) is 25.3 Å². The number of rotatable bonds is 1. The van der Waals surface area contributed by atoms with Gasteiger partial charge in [0.25, 0.3) is 0 Å². The fourth-order valence-electron chi connectivity index (χ4n) is 3.84. The third-order valence-corrected chi connectivity index (χ3v) is 4.97. The first-order chi connectivity index (χ1) is 10.7. The minimum atomic E-state index is -0.280. The average molecular weight is 296 g/mol. The zero-order chi connectivity index (χ0) is 15.1. The Morgan fingerprint density at radius 3 is 2.95 bits per heavy atom. The molecule has 4 nitrogen and oxygen atoms in total. The number of aryl methyl sites for hydroxylation is 1. The summed E-state index contributed by atoms with van der Waals surface area (Å²) in [5.74, 6) is -0.153. The lowest BCUT2D eigenvalue weighted by Gasteiger charge is -2.39. The maximum Gasteiger partial charge on any atom is 0.223 e. The van der Waals surface area contributed by atoms with Crippen LogP contribution >= 0.6 is 0 Å². The van der Waals surface area contributed by atoms with Crippen LogP contribution in [0.2, 0.25) is 0 Å². The Hall–Kier alpha value is -2.07. The fourth-order valence-corrected chi connectivity index (χ4v) is 3.84. The van der Waals surface area contributed by atoms with Crippen molar-refractivity contribution < 1.29 is 5.11 Å². The van der Waals surface area contributed by atoms with E-state index in [1.165, 1.54) is 30.4 Å². The summed E-state index contributed by atoms with van der Waals surface area (Å²) in [6.45, 7) is 2.55. The number of benzene rings is 1. The predicted octanol–water partition coefficient (Wildman–Crippen LogP) is 2.45. The van der Waals surface area contributed by atoms with Crippen molar-refractivity contribution in [3.05, 3.63) is 63.6 Å². The normalized spacial score (nSPS) is 21.2. The molecule has 1 N–H and O–H groups in total. The molecule has 0 spiro atoms. The van der Waals surface area contributed by atoms with Crippen molar-refractivity contribution in [3.63, 3.8) is 0 Å². The van der Waals surface area contributed by atoms with Gasteiger partial charge in [0, 0.05) is 37.4 Å². The molecule has 1 aromatic carbocycles. The molecule has 1 aliphatic carbocycles. The van der Waals surface area contributed by atoms with E-state index in [-0.39, 0.29) is 11.2 Å². The van der Waals surface area contributed by atoms with E-state index in [1.807, 2.05) is 4.57 Å².